The molecule has 2 aromatic heterocycles. The number of nitrogens with one attached hydrogen (secondary N) is 1. The summed E-state index contributed by atoms with van der Waals surface area (Å²) in [5.41, 5.74) is 1.76. The highest BCUT2D eigenvalue weighted by atomic mass is 16.6. The molecule has 0 atom stereocenters. The number of rotatable bonds is 3. The van der Waals surface area contributed by atoms with E-state index in [1.54, 1.807) is 19.1 Å². The molecule has 1 aromatic carbocycles. The first-order chi connectivity index (χ1) is 11.0. The molecule has 0 unspecified atom stereocenters. The second kappa shape index (κ2) is 5.76. The van der Waals surface area contributed by atoms with Crippen molar-refractivity contribution in [2.45, 2.75) is 6.92 Å². The van der Waals surface area contributed by atoms with Gasteiger partial charge in [-0.2, -0.15) is 0 Å². The highest BCUT2D eigenvalue weighted by Crippen LogP contribution is 2.27. The number of benzene rings is 1. The number of nitrogens with zero attached hydrogens (tertiary/aromatic N) is 4. The fraction of sp³-hybridized carbons (Fsp3) is 0.0667. The first-order valence-corrected chi connectivity index (χ1v) is 6.68. The Morgan fingerprint density at radius 3 is 2.78 bits per heavy atom. The van der Waals surface area contributed by atoms with Crippen molar-refractivity contribution in [1.82, 2.24) is 15.0 Å². The van der Waals surface area contributed by atoms with E-state index in [1.165, 1.54) is 30.7 Å². The van der Waals surface area contributed by atoms with Gasteiger partial charge in [-0.25, -0.2) is 4.98 Å². The van der Waals surface area contributed by atoms with Crippen molar-refractivity contribution in [3.05, 3.63) is 64.4 Å². The third-order valence-electron chi connectivity index (χ3n) is 3.18. The third-order valence-corrected chi connectivity index (χ3v) is 3.18. The third kappa shape index (κ3) is 2.95. The standard InChI is InChI=1S/C15H11N5O3/c1-9-6-13(19-15(21)14-8-16-4-5-17-14)11-7-10(20(22)23)2-3-12(11)18-9/h2-8H,1H3,(H,18,19,21). The summed E-state index contributed by atoms with van der Waals surface area (Å²) in [6, 6.07) is 5.97. The highest BCUT2D eigenvalue weighted by molar-refractivity contribution is 6.07. The molecule has 1 N–H and O–H groups in total. The van der Waals surface area contributed by atoms with Gasteiger partial charge in [0.05, 0.1) is 22.3 Å². The predicted molar refractivity (Wildman–Crippen MR) is 83.1 cm³/mol. The Balaban J connectivity index is 2.07. The van der Waals surface area contributed by atoms with Crippen molar-refractivity contribution >= 4 is 28.2 Å². The summed E-state index contributed by atoms with van der Waals surface area (Å²) < 4.78 is 0. The van der Waals surface area contributed by atoms with Gasteiger partial charge in [0, 0.05) is 35.6 Å². The summed E-state index contributed by atoms with van der Waals surface area (Å²) in [6.45, 7) is 1.78. The van der Waals surface area contributed by atoms with Crippen LogP contribution in [0.1, 0.15) is 16.2 Å². The molecule has 3 aromatic rings. The lowest BCUT2D eigenvalue weighted by Gasteiger charge is -2.09. The molecule has 0 aliphatic carbocycles. The number of hydrogen-bond acceptors (Lipinski definition) is 6. The Labute approximate surface area is 130 Å². The van der Waals surface area contributed by atoms with Gasteiger partial charge in [0.2, 0.25) is 0 Å². The quantitative estimate of drug-likeness (QED) is 0.587. The maximum absolute atomic E-state index is 12.2. The number of fused-ring (bicyclic) bond motifs is 1. The van der Waals surface area contributed by atoms with Gasteiger partial charge in [-0.05, 0) is 19.1 Å². The average Bonchev–Trinajstić information content (AvgIpc) is 2.55. The van der Waals surface area contributed by atoms with Gasteiger partial charge < -0.3 is 5.32 Å². The Morgan fingerprint density at radius 2 is 2.09 bits per heavy atom. The van der Waals surface area contributed by atoms with Crippen LogP contribution in [-0.4, -0.2) is 25.8 Å². The average molecular weight is 309 g/mol. The first kappa shape index (κ1) is 14.5. The number of aryl methyl sites for hydroxylation is 1. The molecule has 2 heterocycles. The molecule has 0 spiro atoms. The topological polar surface area (TPSA) is 111 Å². The number of amides is 1. The molecule has 8 nitrogen and oxygen atoms in total. The molecule has 0 aliphatic heterocycles. The van der Waals surface area contributed by atoms with Gasteiger partial charge in [-0.3, -0.25) is 24.9 Å². The van der Waals surface area contributed by atoms with Crippen molar-refractivity contribution in [2.24, 2.45) is 0 Å². The molecule has 8 heteroatoms. The first-order valence-electron chi connectivity index (χ1n) is 6.68. The number of aromatic nitrogens is 3. The molecule has 0 saturated heterocycles. The van der Waals surface area contributed by atoms with Gasteiger partial charge in [0.25, 0.3) is 11.6 Å². The van der Waals surface area contributed by atoms with Crippen LogP contribution in [0.25, 0.3) is 10.9 Å². The smallest absolute Gasteiger partial charge is 0.275 e. The normalized spacial score (nSPS) is 10.5. The molecule has 0 saturated carbocycles. The van der Waals surface area contributed by atoms with E-state index in [1.807, 2.05) is 0 Å². The van der Waals surface area contributed by atoms with E-state index in [4.69, 9.17) is 0 Å². The number of carbonyl (C=O) groups is 1. The highest BCUT2D eigenvalue weighted by Gasteiger charge is 2.14. The van der Waals surface area contributed by atoms with Crippen LogP contribution in [0.2, 0.25) is 0 Å². The number of nitro groups is 1. The van der Waals surface area contributed by atoms with Crippen LogP contribution < -0.4 is 5.32 Å². The van der Waals surface area contributed by atoms with E-state index >= 15 is 0 Å². The van der Waals surface area contributed by atoms with E-state index in [0.29, 0.717) is 22.3 Å². The van der Waals surface area contributed by atoms with Crippen LogP contribution >= 0.6 is 0 Å². The number of carbonyl (C=O) groups excluding carboxylic acids is 1. The number of anilines is 1. The van der Waals surface area contributed by atoms with Gasteiger partial charge in [0.1, 0.15) is 5.69 Å². The summed E-state index contributed by atoms with van der Waals surface area (Å²) in [5.74, 6) is -0.448. The van der Waals surface area contributed by atoms with Crippen LogP contribution in [0, 0.1) is 17.0 Å². The lowest BCUT2D eigenvalue weighted by atomic mass is 10.1. The van der Waals surface area contributed by atoms with Crippen molar-refractivity contribution in [3.8, 4) is 0 Å². The molecular formula is C15H11N5O3. The van der Waals surface area contributed by atoms with E-state index in [9.17, 15) is 14.9 Å². The number of non-ortho nitro benzene ring substituents is 1. The van der Waals surface area contributed by atoms with Gasteiger partial charge >= 0.3 is 0 Å². The summed E-state index contributed by atoms with van der Waals surface area (Å²) in [6.07, 6.45) is 4.22. The monoisotopic (exact) mass is 309 g/mol. The lowest BCUT2D eigenvalue weighted by molar-refractivity contribution is -0.384. The molecule has 23 heavy (non-hydrogen) atoms. The zero-order chi connectivity index (χ0) is 16.4. The Kier molecular flexibility index (Phi) is 3.63. The van der Waals surface area contributed by atoms with Crippen LogP contribution in [0.4, 0.5) is 11.4 Å². The van der Waals surface area contributed by atoms with Crippen molar-refractivity contribution in [3.63, 3.8) is 0 Å². The van der Waals surface area contributed by atoms with Crippen molar-refractivity contribution in [2.75, 3.05) is 5.32 Å². The SMILES string of the molecule is Cc1cc(NC(=O)c2cnccn2)c2cc([N+](=O)[O-])ccc2n1. The van der Waals surface area contributed by atoms with Crippen LogP contribution in [0.5, 0.6) is 0 Å². The summed E-state index contributed by atoms with van der Waals surface area (Å²) in [7, 11) is 0. The minimum Gasteiger partial charge on any atom is -0.320 e. The lowest BCUT2D eigenvalue weighted by Crippen LogP contribution is -2.14. The van der Waals surface area contributed by atoms with Gasteiger partial charge in [-0.15, -0.1) is 0 Å². The Morgan fingerprint density at radius 1 is 1.26 bits per heavy atom. The summed E-state index contributed by atoms with van der Waals surface area (Å²) in [5, 5.41) is 14.1. The molecule has 114 valence electrons. The molecule has 0 bridgehead atoms. The van der Waals surface area contributed by atoms with E-state index in [-0.39, 0.29) is 11.4 Å². The molecular weight excluding hydrogens is 298 g/mol. The van der Waals surface area contributed by atoms with Crippen molar-refractivity contribution in [1.29, 1.82) is 0 Å². The maximum Gasteiger partial charge on any atom is 0.275 e. The van der Waals surface area contributed by atoms with Crippen LogP contribution in [0.3, 0.4) is 0 Å². The maximum atomic E-state index is 12.2. The molecule has 3 rings (SSSR count). The summed E-state index contributed by atoms with van der Waals surface area (Å²) in [4.78, 5) is 34.8. The number of hydrogen-bond donors (Lipinski definition) is 1. The fourth-order valence-corrected chi connectivity index (χ4v) is 2.17. The largest absolute Gasteiger partial charge is 0.320 e. The summed E-state index contributed by atoms with van der Waals surface area (Å²) >= 11 is 0. The Bertz CT molecular complexity index is 912. The van der Waals surface area contributed by atoms with Gasteiger partial charge in [0.15, 0.2) is 0 Å². The van der Waals surface area contributed by atoms with Crippen molar-refractivity contribution < 1.29 is 9.72 Å². The number of pyridine rings is 1. The second-order valence-electron chi connectivity index (χ2n) is 4.81. The molecule has 0 aliphatic rings. The van der Waals surface area contributed by atoms with E-state index in [2.05, 4.69) is 20.3 Å². The second-order valence-corrected chi connectivity index (χ2v) is 4.81. The van der Waals surface area contributed by atoms with E-state index < -0.39 is 10.8 Å². The van der Waals surface area contributed by atoms with E-state index in [0.717, 1.165) is 0 Å². The molecule has 1 amide bonds. The van der Waals surface area contributed by atoms with Crippen LogP contribution in [0.15, 0.2) is 42.9 Å². The van der Waals surface area contributed by atoms with Crippen LogP contribution in [-0.2, 0) is 0 Å². The number of nitro benzene ring substituents is 1. The Hall–Kier alpha value is -3.42. The predicted octanol–water partition coefficient (Wildman–Crippen LogP) is 2.49. The molecule has 0 fully saturated rings. The molecule has 0 radical (unpaired) electrons. The van der Waals surface area contributed by atoms with Gasteiger partial charge in [-0.1, -0.05) is 0 Å². The minimum atomic E-state index is -0.492. The zero-order valence-corrected chi connectivity index (χ0v) is 12.1. The minimum absolute atomic E-state index is 0.0712. The zero-order valence-electron chi connectivity index (χ0n) is 12.1. The fourth-order valence-electron chi connectivity index (χ4n) is 2.17.